The minimum atomic E-state index is -0.967. The summed E-state index contributed by atoms with van der Waals surface area (Å²) in [5.74, 6) is -1.45. The first-order chi connectivity index (χ1) is 11.9. The third-order valence-electron chi connectivity index (χ3n) is 4.33. The van der Waals surface area contributed by atoms with E-state index in [9.17, 15) is 19.7 Å². The molecule has 1 heterocycles. The first-order valence-electron chi connectivity index (χ1n) is 7.74. The van der Waals surface area contributed by atoms with E-state index >= 15 is 0 Å². The van der Waals surface area contributed by atoms with E-state index in [0.717, 1.165) is 6.42 Å². The Morgan fingerprint density at radius 1 is 1.32 bits per heavy atom. The smallest absolute Gasteiger partial charge is 0.305 e. The lowest BCUT2D eigenvalue weighted by atomic mass is 9.74. The molecule has 0 bridgehead atoms. The van der Waals surface area contributed by atoms with Crippen LogP contribution in [0.25, 0.3) is 5.69 Å². The van der Waals surface area contributed by atoms with Crippen LogP contribution in [0.2, 0.25) is 0 Å². The highest BCUT2D eigenvalue weighted by Crippen LogP contribution is 2.35. The molecule has 25 heavy (non-hydrogen) atoms. The van der Waals surface area contributed by atoms with Crippen LogP contribution in [0, 0.1) is 10.1 Å². The zero-order valence-electron chi connectivity index (χ0n) is 13.2. The highest BCUT2D eigenvalue weighted by Gasteiger charge is 2.40. The SMILES string of the molecule is O=C(O)CC1(NC(=O)c2ccn(-c3ccccc3[N+](=O)[O-])n2)CCC1. The number of carbonyl (C=O) groups is 2. The van der Waals surface area contributed by atoms with E-state index in [4.69, 9.17) is 5.11 Å². The number of nitrogens with one attached hydrogen (secondary N) is 1. The summed E-state index contributed by atoms with van der Waals surface area (Å²) in [6, 6.07) is 7.52. The Kier molecular flexibility index (Phi) is 4.22. The van der Waals surface area contributed by atoms with Crippen molar-refractivity contribution in [1.82, 2.24) is 15.1 Å². The van der Waals surface area contributed by atoms with E-state index < -0.39 is 22.3 Å². The molecule has 1 amide bonds. The molecule has 1 aliphatic rings. The van der Waals surface area contributed by atoms with Gasteiger partial charge >= 0.3 is 5.97 Å². The number of carbonyl (C=O) groups excluding carboxylic acids is 1. The van der Waals surface area contributed by atoms with Gasteiger partial charge in [-0.2, -0.15) is 5.10 Å². The highest BCUT2D eigenvalue weighted by atomic mass is 16.6. The number of benzene rings is 1. The van der Waals surface area contributed by atoms with E-state index in [1.54, 1.807) is 12.1 Å². The number of nitrogens with zero attached hydrogens (tertiary/aromatic N) is 3. The third kappa shape index (κ3) is 3.35. The van der Waals surface area contributed by atoms with Crippen molar-refractivity contribution >= 4 is 17.6 Å². The molecule has 1 aliphatic carbocycles. The van der Waals surface area contributed by atoms with Gasteiger partial charge in [-0.1, -0.05) is 12.1 Å². The molecule has 2 aromatic rings. The van der Waals surface area contributed by atoms with Crippen molar-refractivity contribution in [3.05, 3.63) is 52.3 Å². The van der Waals surface area contributed by atoms with Crippen molar-refractivity contribution in [2.24, 2.45) is 0 Å². The maximum Gasteiger partial charge on any atom is 0.305 e. The number of aliphatic carboxylic acids is 1. The minimum absolute atomic E-state index is 0.0785. The Balaban J connectivity index is 1.81. The van der Waals surface area contributed by atoms with Crippen LogP contribution in [-0.2, 0) is 4.79 Å². The fourth-order valence-electron chi connectivity index (χ4n) is 2.94. The fraction of sp³-hybridized carbons (Fsp3) is 0.312. The third-order valence-corrected chi connectivity index (χ3v) is 4.33. The first-order valence-corrected chi connectivity index (χ1v) is 7.74. The number of nitro benzene ring substituents is 1. The predicted octanol–water partition coefficient (Wildman–Crippen LogP) is 1.91. The lowest BCUT2D eigenvalue weighted by Gasteiger charge is -2.41. The van der Waals surface area contributed by atoms with Gasteiger partial charge < -0.3 is 10.4 Å². The zero-order valence-corrected chi connectivity index (χ0v) is 13.2. The molecule has 9 heteroatoms. The van der Waals surface area contributed by atoms with Gasteiger partial charge in [-0.25, -0.2) is 4.68 Å². The molecule has 130 valence electrons. The van der Waals surface area contributed by atoms with Gasteiger partial charge in [0, 0.05) is 12.3 Å². The summed E-state index contributed by atoms with van der Waals surface area (Å²) >= 11 is 0. The number of carboxylic acid groups (broad SMARTS) is 1. The molecule has 2 N–H and O–H groups in total. The van der Waals surface area contributed by atoms with Gasteiger partial charge in [0.2, 0.25) is 0 Å². The standard InChI is InChI=1S/C16H16N4O5/c21-14(22)10-16(7-3-8-16)17-15(23)11-6-9-19(18-11)12-4-1-2-5-13(12)20(24)25/h1-2,4-6,9H,3,7-8,10H2,(H,17,23)(H,21,22). The summed E-state index contributed by atoms with van der Waals surface area (Å²) in [7, 11) is 0. The maximum atomic E-state index is 12.4. The Labute approximate surface area is 142 Å². The molecular weight excluding hydrogens is 328 g/mol. The van der Waals surface area contributed by atoms with Gasteiger partial charge in [0.25, 0.3) is 11.6 Å². The van der Waals surface area contributed by atoms with Crippen LogP contribution in [0.4, 0.5) is 5.69 Å². The number of hydrogen-bond donors (Lipinski definition) is 2. The normalized spacial score (nSPS) is 15.2. The molecule has 0 aliphatic heterocycles. The second kappa shape index (κ2) is 6.34. The fourth-order valence-corrected chi connectivity index (χ4v) is 2.94. The van der Waals surface area contributed by atoms with E-state index in [1.165, 1.54) is 29.1 Å². The maximum absolute atomic E-state index is 12.4. The average Bonchev–Trinajstić information content (AvgIpc) is 3.02. The van der Waals surface area contributed by atoms with Gasteiger partial charge in [0.15, 0.2) is 5.69 Å². The molecule has 0 atom stereocenters. The van der Waals surface area contributed by atoms with Gasteiger partial charge in [-0.3, -0.25) is 19.7 Å². The number of hydrogen-bond acceptors (Lipinski definition) is 5. The summed E-state index contributed by atoms with van der Waals surface area (Å²) < 4.78 is 1.26. The molecule has 0 saturated heterocycles. The van der Waals surface area contributed by atoms with Crippen LogP contribution < -0.4 is 5.32 Å². The second-order valence-electron chi connectivity index (χ2n) is 6.05. The van der Waals surface area contributed by atoms with Crippen molar-refractivity contribution in [2.45, 2.75) is 31.2 Å². The lowest BCUT2D eigenvalue weighted by molar-refractivity contribution is -0.384. The van der Waals surface area contributed by atoms with Crippen LogP contribution in [0.15, 0.2) is 36.5 Å². The number of nitro groups is 1. The van der Waals surface area contributed by atoms with Crippen molar-refractivity contribution in [3.8, 4) is 5.69 Å². The zero-order chi connectivity index (χ0) is 18.0. The Hall–Kier alpha value is -3.23. The summed E-state index contributed by atoms with van der Waals surface area (Å²) in [4.78, 5) is 33.9. The summed E-state index contributed by atoms with van der Waals surface area (Å²) in [5.41, 5.74) is -0.532. The number of aromatic nitrogens is 2. The minimum Gasteiger partial charge on any atom is -0.481 e. The molecule has 1 aromatic heterocycles. The molecule has 0 radical (unpaired) electrons. The van der Waals surface area contributed by atoms with Crippen molar-refractivity contribution in [1.29, 1.82) is 0 Å². The Bertz CT molecular complexity index is 841. The van der Waals surface area contributed by atoms with Crippen molar-refractivity contribution in [3.63, 3.8) is 0 Å². The summed E-state index contributed by atoms with van der Waals surface area (Å²) in [5, 5.41) is 26.9. The van der Waals surface area contributed by atoms with Gasteiger partial charge in [-0.05, 0) is 31.4 Å². The predicted molar refractivity (Wildman–Crippen MR) is 86.5 cm³/mol. The molecule has 9 nitrogen and oxygen atoms in total. The first kappa shape index (κ1) is 16.6. The quantitative estimate of drug-likeness (QED) is 0.608. The van der Waals surface area contributed by atoms with Crippen LogP contribution in [0.3, 0.4) is 0 Å². The van der Waals surface area contributed by atoms with E-state index in [1.807, 2.05) is 0 Å². The number of carboxylic acids is 1. The topological polar surface area (TPSA) is 127 Å². The van der Waals surface area contributed by atoms with Gasteiger partial charge in [-0.15, -0.1) is 0 Å². The summed E-state index contributed by atoms with van der Waals surface area (Å²) in [6.45, 7) is 0. The van der Waals surface area contributed by atoms with E-state index in [-0.39, 0.29) is 23.5 Å². The van der Waals surface area contributed by atoms with Crippen LogP contribution in [0.5, 0.6) is 0 Å². The van der Waals surface area contributed by atoms with Gasteiger partial charge in [0.05, 0.1) is 16.9 Å². The number of amides is 1. The molecule has 1 saturated carbocycles. The van der Waals surface area contributed by atoms with E-state index in [0.29, 0.717) is 12.8 Å². The Morgan fingerprint density at radius 3 is 2.64 bits per heavy atom. The lowest BCUT2D eigenvalue weighted by Crippen LogP contribution is -2.54. The molecule has 3 rings (SSSR count). The molecule has 1 aromatic carbocycles. The number of rotatable bonds is 6. The largest absolute Gasteiger partial charge is 0.481 e. The monoisotopic (exact) mass is 344 g/mol. The molecule has 1 fully saturated rings. The van der Waals surface area contributed by atoms with Crippen LogP contribution in [-0.4, -0.2) is 37.2 Å². The number of para-hydroxylation sites is 2. The highest BCUT2D eigenvalue weighted by molar-refractivity contribution is 5.93. The van der Waals surface area contributed by atoms with E-state index in [2.05, 4.69) is 10.4 Å². The van der Waals surface area contributed by atoms with Crippen LogP contribution in [0.1, 0.15) is 36.2 Å². The Morgan fingerprint density at radius 2 is 2.04 bits per heavy atom. The molecule has 0 unspecified atom stereocenters. The van der Waals surface area contributed by atoms with Gasteiger partial charge in [0.1, 0.15) is 5.69 Å². The average molecular weight is 344 g/mol. The van der Waals surface area contributed by atoms with Crippen molar-refractivity contribution in [2.75, 3.05) is 0 Å². The molecule has 0 spiro atoms. The van der Waals surface area contributed by atoms with Crippen LogP contribution >= 0.6 is 0 Å². The molecular formula is C16H16N4O5. The second-order valence-corrected chi connectivity index (χ2v) is 6.05. The summed E-state index contributed by atoms with van der Waals surface area (Å²) in [6.07, 6.45) is 3.40. The van der Waals surface area contributed by atoms with Crippen molar-refractivity contribution < 1.29 is 19.6 Å².